The summed E-state index contributed by atoms with van der Waals surface area (Å²) in [6.07, 6.45) is 4.08. The van der Waals surface area contributed by atoms with Gasteiger partial charge in [-0.25, -0.2) is 4.39 Å². The number of thioether (sulfide) groups is 1. The number of ether oxygens (including phenoxy) is 1. The van der Waals surface area contributed by atoms with E-state index in [1.54, 1.807) is 12.1 Å². The van der Waals surface area contributed by atoms with Gasteiger partial charge in [0.15, 0.2) is 0 Å². The van der Waals surface area contributed by atoms with E-state index in [4.69, 9.17) is 4.74 Å². The Morgan fingerprint density at radius 1 is 1.55 bits per heavy atom. The molecule has 1 aromatic carbocycles. The second-order valence-corrected chi connectivity index (χ2v) is 5.56. The summed E-state index contributed by atoms with van der Waals surface area (Å²) < 4.78 is 19.4. The number of hydrogen-bond donors (Lipinski definition) is 2. The maximum Gasteiger partial charge on any atom is 0.234 e. The monoisotopic (exact) mass is 298 g/mol. The topological polar surface area (TPSA) is 50.4 Å². The molecule has 20 heavy (non-hydrogen) atoms. The molecule has 6 heteroatoms. The first-order valence-electron chi connectivity index (χ1n) is 6.63. The normalized spacial score (nSPS) is 18.0. The number of anilines is 2. The Balaban J connectivity index is 1.89. The predicted octanol–water partition coefficient (Wildman–Crippen LogP) is 2.72. The van der Waals surface area contributed by atoms with Crippen molar-refractivity contribution in [1.82, 2.24) is 0 Å². The molecular weight excluding hydrogens is 279 g/mol. The van der Waals surface area contributed by atoms with Crippen LogP contribution in [0.5, 0.6) is 0 Å². The SMILES string of the molecule is CSCC(=O)Nc1ccc(NC[C@@H]2CCCO2)c(F)c1. The van der Waals surface area contributed by atoms with Crippen LogP contribution in [-0.2, 0) is 9.53 Å². The van der Waals surface area contributed by atoms with E-state index in [-0.39, 0.29) is 17.8 Å². The number of carbonyl (C=O) groups excluding carboxylic acids is 1. The molecule has 1 atom stereocenters. The van der Waals surface area contributed by atoms with Gasteiger partial charge < -0.3 is 15.4 Å². The smallest absolute Gasteiger partial charge is 0.234 e. The molecule has 4 nitrogen and oxygen atoms in total. The van der Waals surface area contributed by atoms with Crippen molar-refractivity contribution in [2.45, 2.75) is 18.9 Å². The van der Waals surface area contributed by atoms with Crippen LogP contribution in [-0.4, -0.2) is 37.2 Å². The number of amides is 1. The molecule has 1 saturated heterocycles. The molecule has 0 aromatic heterocycles. The fourth-order valence-corrected chi connectivity index (χ4v) is 2.43. The van der Waals surface area contributed by atoms with Crippen molar-refractivity contribution >= 4 is 29.0 Å². The molecule has 0 radical (unpaired) electrons. The fraction of sp³-hybridized carbons (Fsp3) is 0.500. The summed E-state index contributed by atoms with van der Waals surface area (Å²) >= 11 is 1.43. The van der Waals surface area contributed by atoms with E-state index in [1.807, 2.05) is 6.26 Å². The summed E-state index contributed by atoms with van der Waals surface area (Å²) in [4.78, 5) is 11.4. The second-order valence-electron chi connectivity index (χ2n) is 4.69. The third-order valence-electron chi connectivity index (χ3n) is 3.07. The number of benzene rings is 1. The zero-order valence-electron chi connectivity index (χ0n) is 11.4. The van der Waals surface area contributed by atoms with E-state index < -0.39 is 0 Å². The summed E-state index contributed by atoms with van der Waals surface area (Å²) in [5.41, 5.74) is 0.910. The van der Waals surface area contributed by atoms with Crippen LogP contribution in [0.25, 0.3) is 0 Å². The summed E-state index contributed by atoms with van der Waals surface area (Å²) in [6, 6.07) is 4.66. The van der Waals surface area contributed by atoms with Gasteiger partial charge in [0.1, 0.15) is 5.82 Å². The fourth-order valence-electron chi connectivity index (χ4n) is 2.09. The first kappa shape index (κ1) is 15.1. The van der Waals surface area contributed by atoms with E-state index in [0.29, 0.717) is 23.7 Å². The van der Waals surface area contributed by atoms with Crippen molar-refractivity contribution in [2.75, 3.05) is 35.8 Å². The van der Waals surface area contributed by atoms with E-state index in [2.05, 4.69) is 10.6 Å². The summed E-state index contributed by atoms with van der Waals surface area (Å²) in [6.45, 7) is 1.39. The zero-order valence-corrected chi connectivity index (χ0v) is 12.3. The van der Waals surface area contributed by atoms with Crippen molar-refractivity contribution in [3.63, 3.8) is 0 Å². The minimum Gasteiger partial charge on any atom is -0.380 e. The van der Waals surface area contributed by atoms with Crippen LogP contribution in [0.15, 0.2) is 18.2 Å². The Morgan fingerprint density at radius 3 is 3.05 bits per heavy atom. The number of rotatable bonds is 6. The minimum absolute atomic E-state index is 0.128. The molecule has 1 fully saturated rings. The number of nitrogens with one attached hydrogen (secondary N) is 2. The molecule has 110 valence electrons. The Kier molecular flexibility index (Phi) is 5.67. The second kappa shape index (κ2) is 7.50. The zero-order chi connectivity index (χ0) is 14.4. The summed E-state index contributed by atoms with van der Waals surface area (Å²) in [5.74, 6) is -0.136. The number of carbonyl (C=O) groups is 1. The highest BCUT2D eigenvalue weighted by molar-refractivity contribution is 7.99. The number of halogens is 1. The largest absolute Gasteiger partial charge is 0.380 e. The van der Waals surface area contributed by atoms with E-state index in [0.717, 1.165) is 19.4 Å². The lowest BCUT2D eigenvalue weighted by molar-refractivity contribution is -0.113. The molecule has 0 aliphatic carbocycles. The summed E-state index contributed by atoms with van der Waals surface area (Å²) in [5, 5.41) is 5.70. The van der Waals surface area contributed by atoms with E-state index in [9.17, 15) is 9.18 Å². The van der Waals surface area contributed by atoms with E-state index >= 15 is 0 Å². The van der Waals surface area contributed by atoms with Crippen molar-refractivity contribution in [1.29, 1.82) is 0 Å². The molecule has 2 N–H and O–H groups in total. The first-order chi connectivity index (χ1) is 9.69. The van der Waals surface area contributed by atoms with Gasteiger partial charge in [0.25, 0.3) is 0 Å². The molecule has 0 spiro atoms. The molecule has 0 saturated carbocycles. The molecule has 2 rings (SSSR count). The maximum atomic E-state index is 13.9. The third-order valence-corrected chi connectivity index (χ3v) is 3.62. The van der Waals surface area contributed by atoms with E-state index in [1.165, 1.54) is 17.8 Å². The Hall–Kier alpha value is -1.27. The average molecular weight is 298 g/mol. The third kappa shape index (κ3) is 4.38. The minimum atomic E-state index is -0.370. The quantitative estimate of drug-likeness (QED) is 0.848. The highest BCUT2D eigenvalue weighted by Crippen LogP contribution is 2.20. The molecule has 1 aliphatic heterocycles. The Labute approximate surface area is 122 Å². The van der Waals surface area contributed by atoms with Crippen LogP contribution in [0.2, 0.25) is 0 Å². The van der Waals surface area contributed by atoms with Crippen LogP contribution in [0.1, 0.15) is 12.8 Å². The molecule has 1 aliphatic rings. The maximum absolute atomic E-state index is 13.9. The average Bonchev–Trinajstić information content (AvgIpc) is 2.91. The van der Waals surface area contributed by atoms with Gasteiger partial charge in [-0.2, -0.15) is 11.8 Å². The van der Waals surface area contributed by atoms with Gasteiger partial charge in [-0.3, -0.25) is 4.79 Å². The van der Waals surface area contributed by atoms with Crippen LogP contribution in [0.4, 0.5) is 15.8 Å². The highest BCUT2D eigenvalue weighted by Gasteiger charge is 2.15. The van der Waals surface area contributed by atoms with Crippen LogP contribution >= 0.6 is 11.8 Å². The molecule has 1 amide bonds. The van der Waals surface area contributed by atoms with Crippen molar-refractivity contribution < 1.29 is 13.9 Å². The Bertz CT molecular complexity index is 464. The number of hydrogen-bond acceptors (Lipinski definition) is 4. The van der Waals surface area contributed by atoms with Gasteiger partial charge in [-0.15, -0.1) is 0 Å². The molecule has 1 heterocycles. The first-order valence-corrected chi connectivity index (χ1v) is 8.02. The Morgan fingerprint density at radius 2 is 2.40 bits per heavy atom. The van der Waals surface area contributed by atoms with Gasteiger partial charge in [0.2, 0.25) is 5.91 Å². The molecule has 0 unspecified atom stereocenters. The summed E-state index contributed by atoms with van der Waals surface area (Å²) in [7, 11) is 0. The lowest BCUT2D eigenvalue weighted by atomic mass is 10.2. The van der Waals surface area contributed by atoms with Crippen LogP contribution in [0.3, 0.4) is 0 Å². The molecular formula is C14H19FN2O2S. The van der Waals surface area contributed by atoms with Gasteiger partial charge >= 0.3 is 0 Å². The van der Waals surface area contributed by atoms with Gasteiger partial charge in [0, 0.05) is 18.8 Å². The predicted molar refractivity (Wildman–Crippen MR) is 80.9 cm³/mol. The van der Waals surface area contributed by atoms with Crippen LogP contribution in [0, 0.1) is 5.82 Å². The van der Waals surface area contributed by atoms with Gasteiger partial charge in [0.05, 0.1) is 17.5 Å². The lowest BCUT2D eigenvalue weighted by Gasteiger charge is -2.13. The van der Waals surface area contributed by atoms with Gasteiger partial charge in [-0.05, 0) is 37.3 Å². The standard InChI is InChI=1S/C14H19FN2O2S/c1-20-9-14(18)17-10-4-5-13(12(15)7-10)16-8-11-3-2-6-19-11/h4-5,7,11,16H,2-3,6,8-9H2,1H3,(H,17,18)/t11-/m0/s1. The highest BCUT2D eigenvalue weighted by atomic mass is 32.2. The molecule has 0 bridgehead atoms. The van der Waals surface area contributed by atoms with Crippen LogP contribution < -0.4 is 10.6 Å². The van der Waals surface area contributed by atoms with Crippen molar-refractivity contribution in [2.24, 2.45) is 0 Å². The van der Waals surface area contributed by atoms with Gasteiger partial charge in [-0.1, -0.05) is 0 Å². The van der Waals surface area contributed by atoms with Crippen molar-refractivity contribution in [3.8, 4) is 0 Å². The van der Waals surface area contributed by atoms with Crippen molar-refractivity contribution in [3.05, 3.63) is 24.0 Å². The molecule has 1 aromatic rings. The lowest BCUT2D eigenvalue weighted by Crippen LogP contribution is -2.19.